The second-order valence-electron chi connectivity index (χ2n) is 9.51. The van der Waals surface area contributed by atoms with E-state index in [0.717, 1.165) is 0 Å². The number of carbonyl (C=O) groups excluding carboxylic acids is 7. The fourth-order valence-corrected chi connectivity index (χ4v) is 5.11. The predicted molar refractivity (Wildman–Crippen MR) is 135 cm³/mol. The van der Waals surface area contributed by atoms with Gasteiger partial charge >= 0.3 is 0 Å². The van der Waals surface area contributed by atoms with Gasteiger partial charge in [0, 0.05) is 58.2 Å². The number of fused-ring (bicyclic) bond motifs is 2. The van der Waals surface area contributed by atoms with Gasteiger partial charge in [0.25, 0.3) is 0 Å². The molecular formula is C29H18N4O7. The SMILES string of the molecule is O=C(c1ccc2c(c1)C(=O)C(C(=O)Cn1cccn1)C2=O)c1ccc2c(c1)C(=O)C(C(=O)Cn1cccn1)C2=O. The van der Waals surface area contributed by atoms with E-state index in [4.69, 9.17) is 0 Å². The summed E-state index contributed by atoms with van der Waals surface area (Å²) in [5.74, 6) is -7.47. The van der Waals surface area contributed by atoms with Crippen molar-refractivity contribution in [2.75, 3.05) is 0 Å². The summed E-state index contributed by atoms with van der Waals surface area (Å²) in [4.78, 5) is 90.5. The van der Waals surface area contributed by atoms with Crippen LogP contribution < -0.4 is 0 Å². The van der Waals surface area contributed by atoms with E-state index in [0.29, 0.717) is 0 Å². The number of nitrogens with zero attached hydrogens (tertiary/aromatic N) is 4. The third-order valence-corrected chi connectivity index (χ3v) is 7.07. The molecule has 2 aromatic carbocycles. The van der Waals surface area contributed by atoms with E-state index in [1.165, 1.54) is 70.5 Å². The van der Waals surface area contributed by atoms with Gasteiger partial charge in [-0.15, -0.1) is 0 Å². The Bertz CT molecular complexity index is 1650. The fraction of sp³-hybridized carbons (Fsp3) is 0.138. The molecule has 0 bridgehead atoms. The minimum absolute atomic E-state index is 0.0358. The first kappa shape index (κ1) is 24.9. The molecule has 0 fully saturated rings. The third-order valence-electron chi connectivity index (χ3n) is 7.07. The normalized spacial score (nSPS) is 17.7. The molecule has 0 saturated carbocycles. The highest BCUT2D eigenvalue weighted by atomic mass is 16.2. The van der Waals surface area contributed by atoms with E-state index in [-0.39, 0.29) is 46.5 Å². The molecular weight excluding hydrogens is 516 g/mol. The Balaban J connectivity index is 1.24. The van der Waals surface area contributed by atoms with Crippen LogP contribution in [0, 0.1) is 11.8 Å². The molecule has 196 valence electrons. The van der Waals surface area contributed by atoms with Gasteiger partial charge in [-0.05, 0) is 36.4 Å². The monoisotopic (exact) mass is 534 g/mol. The molecule has 11 nitrogen and oxygen atoms in total. The quantitative estimate of drug-likeness (QED) is 0.243. The Hall–Kier alpha value is -5.45. The van der Waals surface area contributed by atoms with Crippen LogP contribution >= 0.6 is 0 Å². The first-order chi connectivity index (χ1) is 19.2. The zero-order chi connectivity index (χ0) is 28.1. The van der Waals surface area contributed by atoms with Crippen LogP contribution in [0.4, 0.5) is 0 Å². The number of aromatic nitrogens is 4. The van der Waals surface area contributed by atoms with Crippen LogP contribution in [-0.4, -0.2) is 60.0 Å². The Morgan fingerprint density at radius 1 is 0.600 bits per heavy atom. The van der Waals surface area contributed by atoms with Crippen molar-refractivity contribution in [1.29, 1.82) is 0 Å². The van der Waals surface area contributed by atoms with Crippen molar-refractivity contribution in [3.8, 4) is 0 Å². The van der Waals surface area contributed by atoms with Crippen LogP contribution in [0.2, 0.25) is 0 Å². The molecule has 40 heavy (non-hydrogen) atoms. The summed E-state index contributed by atoms with van der Waals surface area (Å²) in [6, 6.07) is 11.1. The van der Waals surface area contributed by atoms with Gasteiger partial charge in [-0.2, -0.15) is 10.2 Å². The third kappa shape index (κ3) is 3.95. The molecule has 4 aromatic rings. The van der Waals surface area contributed by atoms with Crippen LogP contribution in [0.3, 0.4) is 0 Å². The number of hydrogen-bond donors (Lipinski definition) is 0. The van der Waals surface area contributed by atoms with E-state index in [2.05, 4.69) is 10.2 Å². The van der Waals surface area contributed by atoms with Crippen LogP contribution in [0.15, 0.2) is 73.3 Å². The molecule has 0 amide bonds. The topological polar surface area (TPSA) is 155 Å². The molecule has 2 aliphatic carbocycles. The summed E-state index contributed by atoms with van der Waals surface area (Å²) in [6.07, 6.45) is 6.02. The molecule has 0 spiro atoms. The highest BCUT2D eigenvalue weighted by molar-refractivity contribution is 6.37. The van der Waals surface area contributed by atoms with E-state index < -0.39 is 52.3 Å². The molecule has 6 rings (SSSR count). The predicted octanol–water partition coefficient (Wildman–Crippen LogP) is 1.84. The van der Waals surface area contributed by atoms with E-state index in [1.807, 2.05) is 0 Å². The summed E-state index contributed by atoms with van der Waals surface area (Å²) >= 11 is 0. The second-order valence-corrected chi connectivity index (χ2v) is 9.51. The van der Waals surface area contributed by atoms with Crippen LogP contribution in [-0.2, 0) is 22.7 Å². The van der Waals surface area contributed by atoms with Crippen molar-refractivity contribution in [1.82, 2.24) is 19.6 Å². The number of rotatable bonds is 8. The van der Waals surface area contributed by atoms with Gasteiger partial charge in [-0.1, -0.05) is 12.1 Å². The molecule has 0 N–H and O–H groups in total. The van der Waals surface area contributed by atoms with Crippen LogP contribution in [0.5, 0.6) is 0 Å². The number of carbonyl (C=O) groups is 7. The molecule has 2 unspecified atom stereocenters. The lowest BCUT2D eigenvalue weighted by Gasteiger charge is -2.06. The molecule has 2 aliphatic rings. The summed E-state index contributed by atoms with van der Waals surface area (Å²) in [7, 11) is 0. The van der Waals surface area contributed by atoms with Gasteiger partial charge in [-0.25, -0.2) is 0 Å². The Morgan fingerprint density at radius 2 is 1.00 bits per heavy atom. The Morgan fingerprint density at radius 3 is 1.38 bits per heavy atom. The molecule has 0 radical (unpaired) electrons. The number of ketones is 7. The first-order valence-corrected chi connectivity index (χ1v) is 12.2. The zero-order valence-corrected chi connectivity index (χ0v) is 20.6. The molecule has 2 aromatic heterocycles. The molecule has 2 heterocycles. The summed E-state index contributed by atoms with van der Waals surface area (Å²) in [5, 5.41) is 7.85. The van der Waals surface area contributed by atoms with Gasteiger partial charge in [-0.3, -0.25) is 42.9 Å². The zero-order valence-electron chi connectivity index (χ0n) is 20.6. The van der Waals surface area contributed by atoms with Crippen molar-refractivity contribution < 1.29 is 33.6 Å². The van der Waals surface area contributed by atoms with Crippen molar-refractivity contribution in [2.24, 2.45) is 11.8 Å². The van der Waals surface area contributed by atoms with Gasteiger partial charge in [0.05, 0.1) is 0 Å². The summed E-state index contributed by atoms with van der Waals surface area (Å²) in [5.41, 5.74) is 0.145. The maximum Gasteiger partial charge on any atom is 0.193 e. The van der Waals surface area contributed by atoms with Crippen molar-refractivity contribution in [3.63, 3.8) is 0 Å². The maximum atomic E-state index is 13.3. The van der Waals surface area contributed by atoms with Gasteiger partial charge in [0.15, 0.2) is 40.5 Å². The van der Waals surface area contributed by atoms with Gasteiger partial charge in [0.1, 0.15) is 24.9 Å². The highest BCUT2D eigenvalue weighted by Gasteiger charge is 2.45. The molecule has 0 saturated heterocycles. The summed E-state index contributed by atoms with van der Waals surface area (Å²) in [6.45, 7) is -0.496. The van der Waals surface area contributed by atoms with Crippen LogP contribution in [0.1, 0.15) is 57.4 Å². The lowest BCUT2D eigenvalue weighted by atomic mass is 9.96. The Kier molecular flexibility index (Phi) is 5.83. The van der Waals surface area contributed by atoms with E-state index >= 15 is 0 Å². The second kappa shape index (κ2) is 9.38. The van der Waals surface area contributed by atoms with Crippen molar-refractivity contribution in [2.45, 2.75) is 13.1 Å². The highest BCUT2D eigenvalue weighted by Crippen LogP contribution is 2.32. The van der Waals surface area contributed by atoms with Crippen molar-refractivity contribution in [3.05, 3.63) is 107 Å². The Labute approximate surface area is 225 Å². The number of benzene rings is 2. The smallest absolute Gasteiger partial charge is 0.193 e. The lowest BCUT2D eigenvalue weighted by Crippen LogP contribution is -2.29. The van der Waals surface area contributed by atoms with Crippen molar-refractivity contribution >= 4 is 40.5 Å². The fourth-order valence-electron chi connectivity index (χ4n) is 5.11. The van der Waals surface area contributed by atoms with E-state index in [9.17, 15) is 33.6 Å². The molecule has 11 heteroatoms. The first-order valence-electron chi connectivity index (χ1n) is 12.2. The lowest BCUT2D eigenvalue weighted by molar-refractivity contribution is -0.122. The molecule has 2 atom stereocenters. The van der Waals surface area contributed by atoms with Gasteiger partial charge < -0.3 is 0 Å². The summed E-state index contributed by atoms with van der Waals surface area (Å²) < 4.78 is 2.63. The minimum atomic E-state index is -1.51. The number of hydrogen-bond acceptors (Lipinski definition) is 9. The maximum absolute atomic E-state index is 13.3. The van der Waals surface area contributed by atoms with Crippen LogP contribution in [0.25, 0.3) is 0 Å². The van der Waals surface area contributed by atoms with Gasteiger partial charge in [0.2, 0.25) is 0 Å². The largest absolute Gasteiger partial charge is 0.296 e. The molecule has 0 aliphatic heterocycles. The standard InChI is InChI=1S/C29H18N4O7/c34-21(13-32-9-1-7-30-32)23-26(37)17-5-3-15(11-19(17)28(23)39)25(36)16-4-6-18-20(12-16)29(40)24(27(18)38)22(35)14-33-10-2-8-31-33/h1-12,23-24H,13-14H2. The average molecular weight is 534 g/mol. The number of Topliss-reactive ketones (excluding diaryl/α,β-unsaturated/α-hetero) is 6. The van der Waals surface area contributed by atoms with E-state index in [1.54, 1.807) is 12.1 Å². The average Bonchev–Trinajstić information content (AvgIpc) is 3.73. The minimum Gasteiger partial charge on any atom is -0.296 e.